The molecule has 2 rings (SSSR count). The second-order valence-electron chi connectivity index (χ2n) is 4.05. The topological polar surface area (TPSA) is 12.0 Å². The van der Waals surface area contributed by atoms with Gasteiger partial charge in [-0.1, -0.05) is 54.1 Å². The summed E-state index contributed by atoms with van der Waals surface area (Å²) in [6, 6.07) is 17.2. The molecule has 82 valence electrons. The van der Waals surface area contributed by atoms with Gasteiger partial charge in [0, 0.05) is 6.54 Å². The van der Waals surface area contributed by atoms with E-state index in [4.69, 9.17) is 0 Å². The molecule has 0 saturated heterocycles. The first kappa shape index (κ1) is 10.9. The summed E-state index contributed by atoms with van der Waals surface area (Å²) >= 11 is 0. The lowest BCUT2D eigenvalue weighted by Gasteiger charge is -2.09. The van der Waals surface area contributed by atoms with Crippen LogP contribution in [-0.2, 0) is 6.54 Å². The first-order valence-corrected chi connectivity index (χ1v) is 5.61. The molecule has 0 atom stereocenters. The van der Waals surface area contributed by atoms with Crippen molar-refractivity contribution >= 4 is 0 Å². The Balaban J connectivity index is 2.42. The van der Waals surface area contributed by atoms with E-state index in [1.165, 1.54) is 22.3 Å². The maximum atomic E-state index is 3.21. The summed E-state index contributed by atoms with van der Waals surface area (Å²) in [5, 5.41) is 3.21. The molecule has 0 aliphatic heterocycles. The molecule has 2 aromatic rings. The van der Waals surface area contributed by atoms with E-state index < -0.39 is 0 Å². The van der Waals surface area contributed by atoms with Crippen LogP contribution >= 0.6 is 0 Å². The van der Waals surface area contributed by atoms with E-state index in [0.29, 0.717) is 0 Å². The number of nitrogens with one attached hydrogen (secondary N) is 1. The van der Waals surface area contributed by atoms with Crippen LogP contribution in [0.5, 0.6) is 0 Å². The normalized spacial score (nSPS) is 10.4. The lowest BCUT2D eigenvalue weighted by Crippen LogP contribution is -2.06. The minimum Gasteiger partial charge on any atom is -0.316 e. The van der Waals surface area contributed by atoms with Crippen molar-refractivity contribution in [2.75, 3.05) is 7.05 Å². The molecule has 0 radical (unpaired) electrons. The molecule has 16 heavy (non-hydrogen) atoms. The molecular formula is C15H17N. The molecule has 1 N–H and O–H groups in total. The van der Waals surface area contributed by atoms with Crippen molar-refractivity contribution in [2.45, 2.75) is 13.5 Å². The van der Waals surface area contributed by atoms with Gasteiger partial charge in [-0.2, -0.15) is 0 Å². The van der Waals surface area contributed by atoms with Gasteiger partial charge in [-0.15, -0.1) is 0 Å². The molecule has 0 amide bonds. The van der Waals surface area contributed by atoms with Crippen LogP contribution in [0.15, 0.2) is 48.5 Å². The third-order valence-corrected chi connectivity index (χ3v) is 2.75. The summed E-state index contributed by atoms with van der Waals surface area (Å²) in [6.45, 7) is 3.02. The number of aryl methyl sites for hydroxylation is 1. The van der Waals surface area contributed by atoms with Crippen molar-refractivity contribution in [2.24, 2.45) is 0 Å². The summed E-state index contributed by atoms with van der Waals surface area (Å²) < 4.78 is 0. The molecule has 2 aromatic carbocycles. The minimum absolute atomic E-state index is 0.907. The van der Waals surface area contributed by atoms with Crippen LogP contribution in [0.4, 0.5) is 0 Å². The maximum absolute atomic E-state index is 3.21. The second-order valence-corrected chi connectivity index (χ2v) is 4.05. The summed E-state index contributed by atoms with van der Waals surface area (Å²) in [5.74, 6) is 0. The molecule has 0 spiro atoms. The highest BCUT2D eigenvalue weighted by Crippen LogP contribution is 2.23. The summed E-state index contributed by atoms with van der Waals surface area (Å²) in [5.41, 5.74) is 5.25. The van der Waals surface area contributed by atoms with Crippen LogP contribution in [0, 0.1) is 6.92 Å². The Hall–Kier alpha value is -1.60. The lowest BCUT2D eigenvalue weighted by atomic mass is 9.99. The van der Waals surface area contributed by atoms with E-state index in [9.17, 15) is 0 Å². The van der Waals surface area contributed by atoms with Crippen LogP contribution in [0.3, 0.4) is 0 Å². The number of hydrogen-bond donors (Lipinski definition) is 1. The summed E-state index contributed by atoms with van der Waals surface area (Å²) in [4.78, 5) is 0. The molecule has 0 fully saturated rings. The largest absolute Gasteiger partial charge is 0.316 e. The highest BCUT2D eigenvalue weighted by molar-refractivity contribution is 5.67. The standard InChI is InChI=1S/C15H17N/c1-12-7-9-13(10-8-12)15-6-4-3-5-14(15)11-16-2/h3-10,16H,11H2,1-2H3. The predicted molar refractivity (Wildman–Crippen MR) is 69.4 cm³/mol. The SMILES string of the molecule is CNCc1ccccc1-c1ccc(C)cc1. The molecule has 0 unspecified atom stereocenters. The van der Waals surface area contributed by atoms with E-state index in [0.717, 1.165) is 6.54 Å². The smallest absolute Gasteiger partial charge is 0.0208 e. The second kappa shape index (κ2) is 4.95. The molecule has 0 aliphatic carbocycles. The summed E-state index contributed by atoms with van der Waals surface area (Å²) in [6.07, 6.45) is 0. The number of hydrogen-bond acceptors (Lipinski definition) is 1. The summed E-state index contributed by atoms with van der Waals surface area (Å²) in [7, 11) is 1.98. The van der Waals surface area contributed by atoms with Gasteiger partial charge < -0.3 is 5.32 Å². The van der Waals surface area contributed by atoms with Gasteiger partial charge in [-0.3, -0.25) is 0 Å². The molecule has 0 bridgehead atoms. The van der Waals surface area contributed by atoms with Crippen molar-refractivity contribution in [1.29, 1.82) is 0 Å². The van der Waals surface area contributed by atoms with E-state index in [2.05, 4.69) is 60.8 Å². The van der Waals surface area contributed by atoms with Crippen LogP contribution in [0.1, 0.15) is 11.1 Å². The number of benzene rings is 2. The van der Waals surface area contributed by atoms with Crippen molar-refractivity contribution < 1.29 is 0 Å². The molecule has 0 heterocycles. The van der Waals surface area contributed by atoms with Crippen molar-refractivity contribution in [3.8, 4) is 11.1 Å². The monoisotopic (exact) mass is 211 g/mol. The maximum Gasteiger partial charge on any atom is 0.0208 e. The molecular weight excluding hydrogens is 194 g/mol. The average molecular weight is 211 g/mol. The highest BCUT2D eigenvalue weighted by atomic mass is 14.8. The average Bonchev–Trinajstić information content (AvgIpc) is 2.32. The third-order valence-electron chi connectivity index (χ3n) is 2.75. The quantitative estimate of drug-likeness (QED) is 0.820. The third kappa shape index (κ3) is 2.31. The van der Waals surface area contributed by atoms with Gasteiger partial charge in [-0.05, 0) is 30.7 Å². The molecule has 0 saturated carbocycles. The molecule has 1 nitrogen and oxygen atoms in total. The minimum atomic E-state index is 0.907. The van der Waals surface area contributed by atoms with E-state index >= 15 is 0 Å². The van der Waals surface area contributed by atoms with Gasteiger partial charge in [-0.25, -0.2) is 0 Å². The zero-order valence-corrected chi connectivity index (χ0v) is 9.83. The first-order valence-electron chi connectivity index (χ1n) is 5.61. The van der Waals surface area contributed by atoms with Crippen LogP contribution in [0.25, 0.3) is 11.1 Å². The fourth-order valence-electron chi connectivity index (χ4n) is 1.88. The van der Waals surface area contributed by atoms with E-state index in [1.807, 2.05) is 7.05 Å². The Bertz CT molecular complexity index is 457. The van der Waals surface area contributed by atoms with Crippen LogP contribution < -0.4 is 5.32 Å². The number of rotatable bonds is 3. The predicted octanol–water partition coefficient (Wildman–Crippen LogP) is 3.38. The van der Waals surface area contributed by atoms with Crippen molar-refractivity contribution in [3.63, 3.8) is 0 Å². The Morgan fingerprint density at radius 3 is 2.31 bits per heavy atom. The Kier molecular flexibility index (Phi) is 3.37. The van der Waals surface area contributed by atoms with Crippen molar-refractivity contribution in [3.05, 3.63) is 59.7 Å². The van der Waals surface area contributed by atoms with Crippen LogP contribution in [-0.4, -0.2) is 7.05 Å². The molecule has 1 heteroatoms. The van der Waals surface area contributed by atoms with Crippen LogP contribution in [0.2, 0.25) is 0 Å². The van der Waals surface area contributed by atoms with E-state index in [-0.39, 0.29) is 0 Å². The fraction of sp³-hybridized carbons (Fsp3) is 0.200. The van der Waals surface area contributed by atoms with Gasteiger partial charge in [0.15, 0.2) is 0 Å². The Morgan fingerprint density at radius 1 is 0.938 bits per heavy atom. The zero-order chi connectivity index (χ0) is 11.4. The van der Waals surface area contributed by atoms with E-state index in [1.54, 1.807) is 0 Å². The molecule has 0 aromatic heterocycles. The zero-order valence-electron chi connectivity index (χ0n) is 9.83. The van der Waals surface area contributed by atoms with Crippen molar-refractivity contribution in [1.82, 2.24) is 5.32 Å². The van der Waals surface area contributed by atoms with Gasteiger partial charge in [0.1, 0.15) is 0 Å². The first-order chi connectivity index (χ1) is 7.81. The van der Waals surface area contributed by atoms with Gasteiger partial charge in [0.25, 0.3) is 0 Å². The Morgan fingerprint density at radius 2 is 1.62 bits per heavy atom. The highest BCUT2D eigenvalue weighted by Gasteiger charge is 2.02. The van der Waals surface area contributed by atoms with Gasteiger partial charge in [0.05, 0.1) is 0 Å². The van der Waals surface area contributed by atoms with Gasteiger partial charge >= 0.3 is 0 Å². The fourth-order valence-corrected chi connectivity index (χ4v) is 1.88. The molecule has 0 aliphatic rings. The lowest BCUT2D eigenvalue weighted by molar-refractivity contribution is 0.819. The van der Waals surface area contributed by atoms with Gasteiger partial charge in [0.2, 0.25) is 0 Å². The Labute approximate surface area is 97.1 Å².